The number of methoxy groups -OCH3 is 2. The average Bonchev–Trinajstić information content (AvgIpc) is 3.58. The van der Waals surface area contributed by atoms with Gasteiger partial charge < -0.3 is 19.5 Å². The van der Waals surface area contributed by atoms with Gasteiger partial charge >= 0.3 is 5.97 Å². The van der Waals surface area contributed by atoms with Crippen LogP contribution in [0.5, 0.6) is 11.5 Å². The van der Waals surface area contributed by atoms with E-state index in [0.717, 1.165) is 21.7 Å². The molecule has 0 radical (unpaired) electrons. The Morgan fingerprint density at radius 2 is 1.53 bits per heavy atom. The molecule has 0 unspecified atom stereocenters. The molecule has 0 aliphatic heterocycles. The molecule has 4 aromatic rings. The lowest BCUT2D eigenvalue weighted by atomic mass is 9.98. The number of nitrogens with zero attached hydrogens (tertiary/aromatic N) is 1. The van der Waals surface area contributed by atoms with E-state index in [0.29, 0.717) is 11.5 Å². The van der Waals surface area contributed by atoms with E-state index in [1.54, 1.807) is 30.9 Å². The van der Waals surface area contributed by atoms with Gasteiger partial charge in [-0.1, -0.05) is 24.3 Å². The molecule has 9 heteroatoms. The molecule has 0 atom stereocenters. The first-order valence-electron chi connectivity index (χ1n) is 10.3. The van der Waals surface area contributed by atoms with E-state index in [9.17, 15) is 9.59 Å². The third-order valence-corrected chi connectivity index (χ3v) is 6.59. The SMILES string of the molecule is COc1ccc(C(NC(=O)COC(=O)c2csc(-c3ccsc3)n2)c2ccc(OC)cc2)cc1. The molecule has 0 saturated heterocycles. The lowest BCUT2D eigenvalue weighted by molar-refractivity contribution is -0.124. The second-order valence-electron chi connectivity index (χ2n) is 7.17. The van der Waals surface area contributed by atoms with Gasteiger partial charge in [0.15, 0.2) is 12.3 Å². The van der Waals surface area contributed by atoms with Crippen LogP contribution in [-0.2, 0) is 9.53 Å². The first-order chi connectivity index (χ1) is 16.6. The second kappa shape index (κ2) is 11.0. The number of rotatable bonds is 9. The molecule has 0 aliphatic carbocycles. The highest BCUT2D eigenvalue weighted by Gasteiger charge is 2.20. The van der Waals surface area contributed by atoms with Crippen LogP contribution in [0.15, 0.2) is 70.7 Å². The van der Waals surface area contributed by atoms with E-state index in [4.69, 9.17) is 14.2 Å². The van der Waals surface area contributed by atoms with Crippen LogP contribution in [0, 0.1) is 0 Å². The zero-order chi connectivity index (χ0) is 23.9. The summed E-state index contributed by atoms with van der Waals surface area (Å²) in [6.07, 6.45) is 0. The summed E-state index contributed by atoms with van der Waals surface area (Å²) in [7, 11) is 3.19. The van der Waals surface area contributed by atoms with Gasteiger partial charge in [0.2, 0.25) is 0 Å². The van der Waals surface area contributed by atoms with Crippen molar-refractivity contribution in [3.63, 3.8) is 0 Å². The summed E-state index contributed by atoms with van der Waals surface area (Å²) in [6, 6.07) is 16.3. The van der Waals surface area contributed by atoms with E-state index in [1.165, 1.54) is 11.3 Å². The smallest absolute Gasteiger partial charge is 0.358 e. The maximum atomic E-state index is 12.7. The van der Waals surface area contributed by atoms with Crippen LogP contribution in [-0.4, -0.2) is 37.7 Å². The predicted molar refractivity (Wildman–Crippen MR) is 132 cm³/mol. The summed E-state index contributed by atoms with van der Waals surface area (Å²) in [5, 5.41) is 9.21. The van der Waals surface area contributed by atoms with Gasteiger partial charge in [0.25, 0.3) is 5.91 Å². The Labute approximate surface area is 205 Å². The van der Waals surface area contributed by atoms with Crippen molar-refractivity contribution in [3.8, 4) is 22.1 Å². The van der Waals surface area contributed by atoms with E-state index in [2.05, 4.69) is 10.3 Å². The summed E-state index contributed by atoms with van der Waals surface area (Å²) >= 11 is 2.91. The van der Waals surface area contributed by atoms with Crippen molar-refractivity contribution >= 4 is 34.6 Å². The minimum absolute atomic E-state index is 0.181. The number of ether oxygens (including phenoxy) is 3. The lowest BCUT2D eigenvalue weighted by Crippen LogP contribution is -2.33. The molecule has 0 spiro atoms. The van der Waals surface area contributed by atoms with Gasteiger partial charge in [0.1, 0.15) is 16.5 Å². The molecule has 0 aliphatic rings. The topological polar surface area (TPSA) is 86.8 Å². The fourth-order valence-electron chi connectivity index (χ4n) is 3.25. The zero-order valence-corrected chi connectivity index (χ0v) is 20.2. The summed E-state index contributed by atoms with van der Waals surface area (Å²) < 4.78 is 15.7. The maximum Gasteiger partial charge on any atom is 0.358 e. The molecule has 1 N–H and O–H groups in total. The van der Waals surface area contributed by atoms with Crippen LogP contribution in [0.25, 0.3) is 10.6 Å². The number of thiazole rings is 1. The van der Waals surface area contributed by atoms with Crippen LogP contribution in [0.3, 0.4) is 0 Å². The van der Waals surface area contributed by atoms with E-state index < -0.39 is 24.5 Å². The van der Waals surface area contributed by atoms with Gasteiger partial charge in [-0.25, -0.2) is 9.78 Å². The molecule has 2 aromatic carbocycles. The van der Waals surface area contributed by atoms with E-state index in [-0.39, 0.29) is 5.69 Å². The number of amides is 1. The Morgan fingerprint density at radius 3 is 2.06 bits per heavy atom. The van der Waals surface area contributed by atoms with Crippen molar-refractivity contribution in [2.45, 2.75) is 6.04 Å². The van der Waals surface area contributed by atoms with Crippen LogP contribution in [0.2, 0.25) is 0 Å². The van der Waals surface area contributed by atoms with Crippen molar-refractivity contribution in [1.82, 2.24) is 10.3 Å². The number of nitrogens with one attached hydrogen (secondary N) is 1. The molecule has 174 valence electrons. The number of benzene rings is 2. The number of carbonyl (C=O) groups is 2. The van der Waals surface area contributed by atoms with Crippen molar-refractivity contribution in [2.75, 3.05) is 20.8 Å². The molecular weight excluding hydrogens is 472 g/mol. The molecular formula is C25H22N2O5S2. The molecule has 34 heavy (non-hydrogen) atoms. The van der Waals surface area contributed by atoms with Crippen LogP contribution in [0.1, 0.15) is 27.7 Å². The normalized spacial score (nSPS) is 10.7. The third kappa shape index (κ3) is 5.62. The summed E-state index contributed by atoms with van der Waals surface area (Å²) in [6.45, 7) is -0.424. The highest BCUT2D eigenvalue weighted by Crippen LogP contribution is 2.27. The molecule has 2 heterocycles. The molecule has 2 aromatic heterocycles. The minimum Gasteiger partial charge on any atom is -0.497 e. The Morgan fingerprint density at radius 1 is 0.912 bits per heavy atom. The highest BCUT2D eigenvalue weighted by molar-refractivity contribution is 7.14. The fourth-order valence-corrected chi connectivity index (χ4v) is 4.75. The molecule has 0 saturated carbocycles. The van der Waals surface area contributed by atoms with Crippen LogP contribution >= 0.6 is 22.7 Å². The summed E-state index contributed by atoms with van der Waals surface area (Å²) in [5.41, 5.74) is 2.84. The Hall–Kier alpha value is -3.69. The third-order valence-electron chi connectivity index (χ3n) is 5.02. The molecule has 4 rings (SSSR count). The fraction of sp³-hybridized carbons (Fsp3) is 0.160. The van der Waals surface area contributed by atoms with Crippen LogP contribution in [0.4, 0.5) is 0 Å². The quantitative estimate of drug-likeness (QED) is 0.331. The lowest BCUT2D eigenvalue weighted by Gasteiger charge is -2.20. The van der Waals surface area contributed by atoms with E-state index in [1.807, 2.05) is 65.4 Å². The van der Waals surface area contributed by atoms with Gasteiger partial charge in [-0.05, 0) is 46.8 Å². The molecule has 0 fully saturated rings. The van der Waals surface area contributed by atoms with Crippen molar-refractivity contribution in [2.24, 2.45) is 0 Å². The number of thiophene rings is 1. The molecule has 7 nitrogen and oxygen atoms in total. The number of hydrogen-bond acceptors (Lipinski definition) is 8. The number of carbonyl (C=O) groups excluding carboxylic acids is 2. The number of esters is 1. The Balaban J connectivity index is 1.43. The minimum atomic E-state index is -0.640. The predicted octanol–water partition coefficient (Wildman–Crippen LogP) is 4.95. The second-order valence-corrected chi connectivity index (χ2v) is 8.81. The van der Waals surface area contributed by atoms with Gasteiger partial charge in [0.05, 0.1) is 20.3 Å². The monoisotopic (exact) mass is 494 g/mol. The molecule has 1 amide bonds. The highest BCUT2D eigenvalue weighted by atomic mass is 32.1. The van der Waals surface area contributed by atoms with Gasteiger partial charge in [-0.15, -0.1) is 11.3 Å². The standard InChI is InChI=1S/C25H22N2O5S2/c1-30-19-7-3-16(4-8-19)23(17-5-9-20(31-2)10-6-17)27-22(28)13-32-25(29)21-15-34-24(26-21)18-11-12-33-14-18/h3-12,14-15,23H,13H2,1-2H3,(H,27,28). The molecule has 0 bridgehead atoms. The maximum absolute atomic E-state index is 12.7. The van der Waals surface area contributed by atoms with Crippen molar-refractivity contribution < 1.29 is 23.8 Å². The van der Waals surface area contributed by atoms with Gasteiger partial charge in [0, 0.05) is 16.3 Å². The Bertz CT molecular complexity index is 1190. The van der Waals surface area contributed by atoms with Crippen molar-refractivity contribution in [3.05, 3.63) is 87.6 Å². The summed E-state index contributed by atoms with van der Waals surface area (Å²) in [5.74, 6) is 0.349. The van der Waals surface area contributed by atoms with Crippen molar-refractivity contribution in [1.29, 1.82) is 0 Å². The Kier molecular flexibility index (Phi) is 7.56. The largest absolute Gasteiger partial charge is 0.497 e. The first-order valence-corrected chi connectivity index (χ1v) is 12.1. The van der Waals surface area contributed by atoms with E-state index >= 15 is 0 Å². The zero-order valence-electron chi connectivity index (χ0n) is 18.5. The average molecular weight is 495 g/mol. The summed E-state index contributed by atoms with van der Waals surface area (Å²) in [4.78, 5) is 29.5. The first kappa shape index (κ1) is 23.5. The number of hydrogen-bond donors (Lipinski definition) is 1. The van der Waals surface area contributed by atoms with Gasteiger partial charge in [-0.3, -0.25) is 4.79 Å². The van der Waals surface area contributed by atoms with Crippen LogP contribution < -0.4 is 14.8 Å². The number of aromatic nitrogens is 1. The van der Waals surface area contributed by atoms with Gasteiger partial charge in [-0.2, -0.15) is 11.3 Å².